The molecule has 0 spiro atoms. The maximum absolute atomic E-state index is 6.22. The molecule has 2 aromatic rings. The Morgan fingerprint density at radius 3 is 2.50 bits per heavy atom. The Kier molecular flexibility index (Phi) is 4.04. The van der Waals surface area contributed by atoms with E-state index in [1.807, 2.05) is 12.1 Å². The molecule has 1 nitrogen and oxygen atoms in total. The molecule has 0 bridgehead atoms. The van der Waals surface area contributed by atoms with Crippen LogP contribution in [0.5, 0.6) is 0 Å². The van der Waals surface area contributed by atoms with E-state index in [1.54, 1.807) is 0 Å². The molecule has 0 radical (unpaired) electrons. The number of hydrogen-bond donors (Lipinski definition) is 1. The molecule has 1 aliphatic rings. The van der Waals surface area contributed by atoms with Crippen LogP contribution in [-0.4, -0.2) is 6.04 Å². The van der Waals surface area contributed by atoms with E-state index in [1.165, 1.54) is 24.0 Å². The third-order valence-electron chi connectivity index (χ3n) is 3.96. The summed E-state index contributed by atoms with van der Waals surface area (Å²) in [5, 5.41) is 4.37. The molecule has 0 amide bonds. The summed E-state index contributed by atoms with van der Waals surface area (Å²) >= 11 is 9.70. The Labute approximate surface area is 133 Å². The van der Waals surface area contributed by atoms with Crippen LogP contribution in [0.4, 0.5) is 5.69 Å². The highest BCUT2D eigenvalue weighted by molar-refractivity contribution is 9.10. The second-order valence-electron chi connectivity index (χ2n) is 5.54. The van der Waals surface area contributed by atoms with Gasteiger partial charge >= 0.3 is 0 Å². The molecule has 0 aromatic heterocycles. The molecule has 0 aliphatic heterocycles. The molecule has 1 N–H and O–H groups in total. The molecule has 0 atom stereocenters. The first kappa shape index (κ1) is 14.0. The maximum Gasteiger partial charge on any atom is 0.0637 e. The lowest BCUT2D eigenvalue weighted by molar-refractivity contribution is 0.374. The van der Waals surface area contributed by atoms with Gasteiger partial charge in [0.05, 0.1) is 10.7 Å². The van der Waals surface area contributed by atoms with Crippen molar-refractivity contribution < 1.29 is 0 Å². The van der Waals surface area contributed by atoms with Gasteiger partial charge < -0.3 is 5.32 Å². The Bertz CT molecular complexity index is 603. The molecule has 20 heavy (non-hydrogen) atoms. The zero-order chi connectivity index (χ0) is 14.1. The van der Waals surface area contributed by atoms with Crippen molar-refractivity contribution in [3.05, 3.63) is 63.1 Å². The highest BCUT2D eigenvalue weighted by Crippen LogP contribution is 2.39. The number of rotatable bonds is 3. The molecule has 2 aromatic carbocycles. The van der Waals surface area contributed by atoms with E-state index in [2.05, 4.69) is 58.5 Å². The summed E-state index contributed by atoms with van der Waals surface area (Å²) in [5.74, 6) is 0.671. The van der Waals surface area contributed by atoms with Crippen molar-refractivity contribution in [3.63, 3.8) is 0 Å². The first-order valence-electron chi connectivity index (χ1n) is 6.90. The molecule has 1 aliphatic carbocycles. The average Bonchev–Trinajstić information content (AvgIpc) is 2.39. The fourth-order valence-corrected chi connectivity index (χ4v) is 3.15. The third-order valence-corrected chi connectivity index (χ3v) is 4.82. The fourth-order valence-electron chi connectivity index (χ4n) is 2.71. The molecule has 0 heterocycles. The van der Waals surface area contributed by atoms with Crippen LogP contribution in [0.2, 0.25) is 5.02 Å². The first-order chi connectivity index (χ1) is 9.61. The van der Waals surface area contributed by atoms with Crippen molar-refractivity contribution in [2.75, 3.05) is 5.32 Å². The van der Waals surface area contributed by atoms with Crippen molar-refractivity contribution in [3.8, 4) is 0 Å². The van der Waals surface area contributed by atoms with E-state index in [-0.39, 0.29) is 0 Å². The Hall–Kier alpha value is -0.990. The topological polar surface area (TPSA) is 12.0 Å². The van der Waals surface area contributed by atoms with Crippen LogP contribution in [-0.2, 0) is 0 Å². The van der Waals surface area contributed by atoms with Gasteiger partial charge in [0, 0.05) is 10.5 Å². The van der Waals surface area contributed by atoms with E-state index in [0.717, 1.165) is 15.2 Å². The smallest absolute Gasteiger partial charge is 0.0637 e. The van der Waals surface area contributed by atoms with Crippen LogP contribution in [0.1, 0.15) is 29.9 Å². The summed E-state index contributed by atoms with van der Waals surface area (Å²) in [6, 6.07) is 15.3. The van der Waals surface area contributed by atoms with Gasteiger partial charge in [0.1, 0.15) is 0 Å². The van der Waals surface area contributed by atoms with Gasteiger partial charge in [-0.1, -0.05) is 45.7 Å². The molecule has 0 saturated heterocycles. The third kappa shape index (κ3) is 3.02. The number of anilines is 1. The van der Waals surface area contributed by atoms with Gasteiger partial charge in [0.15, 0.2) is 0 Å². The molecule has 1 fully saturated rings. The molecule has 1 saturated carbocycles. The van der Waals surface area contributed by atoms with Crippen LogP contribution >= 0.6 is 27.5 Å². The normalized spacial score (nSPS) is 21.4. The number of benzene rings is 2. The number of halogens is 2. The van der Waals surface area contributed by atoms with Crippen molar-refractivity contribution in [2.24, 2.45) is 0 Å². The predicted molar refractivity (Wildman–Crippen MR) is 89.7 cm³/mol. The van der Waals surface area contributed by atoms with E-state index in [9.17, 15) is 0 Å². The second-order valence-corrected chi connectivity index (χ2v) is 6.87. The number of aryl methyl sites for hydroxylation is 1. The number of hydrogen-bond acceptors (Lipinski definition) is 1. The quantitative estimate of drug-likeness (QED) is 0.741. The maximum atomic E-state index is 6.22. The van der Waals surface area contributed by atoms with Crippen molar-refractivity contribution >= 4 is 33.2 Å². The van der Waals surface area contributed by atoms with Gasteiger partial charge in [0.2, 0.25) is 0 Å². The first-order valence-corrected chi connectivity index (χ1v) is 8.07. The van der Waals surface area contributed by atoms with Gasteiger partial charge in [-0.15, -0.1) is 0 Å². The molecule has 0 unspecified atom stereocenters. The van der Waals surface area contributed by atoms with Crippen molar-refractivity contribution in [1.82, 2.24) is 0 Å². The SMILES string of the molecule is Cc1ccc(Cl)c(NC2CC(c3ccc(Br)cc3)C2)c1. The number of nitrogens with one attached hydrogen (secondary N) is 1. The summed E-state index contributed by atoms with van der Waals surface area (Å²) in [7, 11) is 0. The van der Waals surface area contributed by atoms with Crippen molar-refractivity contribution in [1.29, 1.82) is 0 Å². The lowest BCUT2D eigenvalue weighted by Gasteiger charge is -2.37. The van der Waals surface area contributed by atoms with Crippen LogP contribution in [0.3, 0.4) is 0 Å². The average molecular weight is 351 g/mol. The molecule has 104 valence electrons. The van der Waals surface area contributed by atoms with Gasteiger partial charge in [-0.05, 0) is 61.1 Å². The largest absolute Gasteiger partial charge is 0.381 e. The summed E-state index contributed by atoms with van der Waals surface area (Å²) in [6.45, 7) is 2.09. The Balaban J connectivity index is 1.60. The van der Waals surface area contributed by atoms with E-state index in [4.69, 9.17) is 11.6 Å². The van der Waals surface area contributed by atoms with Gasteiger partial charge in [-0.25, -0.2) is 0 Å². The standard InChI is InChI=1S/C17H17BrClN/c1-11-2-7-16(19)17(8-11)20-15-9-13(10-15)12-3-5-14(18)6-4-12/h2-8,13,15,20H,9-10H2,1H3. The zero-order valence-corrected chi connectivity index (χ0v) is 13.7. The summed E-state index contributed by atoms with van der Waals surface area (Å²) in [6.07, 6.45) is 2.35. The lowest BCUT2D eigenvalue weighted by atomic mass is 9.76. The molecular weight excluding hydrogens is 334 g/mol. The minimum Gasteiger partial charge on any atom is -0.381 e. The minimum absolute atomic E-state index is 0.531. The van der Waals surface area contributed by atoms with E-state index < -0.39 is 0 Å². The highest BCUT2D eigenvalue weighted by Gasteiger charge is 2.30. The molecule has 3 rings (SSSR count). The zero-order valence-electron chi connectivity index (χ0n) is 11.4. The molecule has 3 heteroatoms. The summed E-state index contributed by atoms with van der Waals surface area (Å²) < 4.78 is 1.14. The van der Waals surface area contributed by atoms with E-state index in [0.29, 0.717) is 12.0 Å². The van der Waals surface area contributed by atoms with Gasteiger partial charge in [0.25, 0.3) is 0 Å². The van der Waals surface area contributed by atoms with Crippen LogP contribution in [0, 0.1) is 6.92 Å². The fraction of sp³-hybridized carbons (Fsp3) is 0.294. The van der Waals surface area contributed by atoms with E-state index >= 15 is 0 Å². The Morgan fingerprint density at radius 2 is 1.80 bits per heavy atom. The summed E-state index contributed by atoms with van der Waals surface area (Å²) in [5.41, 5.74) is 3.73. The van der Waals surface area contributed by atoms with Crippen LogP contribution in [0.25, 0.3) is 0 Å². The summed E-state index contributed by atoms with van der Waals surface area (Å²) in [4.78, 5) is 0. The monoisotopic (exact) mass is 349 g/mol. The second kappa shape index (κ2) is 5.79. The van der Waals surface area contributed by atoms with Crippen molar-refractivity contribution in [2.45, 2.75) is 31.7 Å². The highest BCUT2D eigenvalue weighted by atomic mass is 79.9. The minimum atomic E-state index is 0.531. The van der Waals surface area contributed by atoms with Gasteiger partial charge in [-0.2, -0.15) is 0 Å². The Morgan fingerprint density at radius 1 is 1.10 bits per heavy atom. The van der Waals surface area contributed by atoms with Gasteiger partial charge in [-0.3, -0.25) is 0 Å². The molecular formula is C17H17BrClN. The van der Waals surface area contributed by atoms with Crippen LogP contribution < -0.4 is 5.32 Å². The van der Waals surface area contributed by atoms with Crippen LogP contribution in [0.15, 0.2) is 46.9 Å². The predicted octanol–water partition coefficient (Wildman–Crippen LogP) is 5.77. The lowest BCUT2D eigenvalue weighted by Crippen LogP contribution is -2.34.